The van der Waals surface area contributed by atoms with Gasteiger partial charge in [-0.15, -0.1) is 0 Å². The highest BCUT2D eigenvalue weighted by atomic mass is 32.1. The number of anilines is 1. The Morgan fingerprint density at radius 2 is 2.09 bits per heavy atom. The van der Waals surface area contributed by atoms with Crippen LogP contribution in [0.1, 0.15) is 5.56 Å². The van der Waals surface area contributed by atoms with E-state index in [2.05, 4.69) is 10.3 Å². The van der Waals surface area contributed by atoms with E-state index in [1.54, 1.807) is 13.2 Å². The lowest BCUT2D eigenvalue weighted by Crippen LogP contribution is -2.07. The van der Waals surface area contributed by atoms with Crippen molar-refractivity contribution in [3.8, 4) is 5.75 Å². The van der Waals surface area contributed by atoms with Crippen molar-refractivity contribution in [1.82, 2.24) is 4.98 Å². The van der Waals surface area contributed by atoms with Crippen LogP contribution in [0.5, 0.6) is 5.75 Å². The SMILES string of the molecule is COc1cccc(/C=C/C(=O)Nc2nc3ccccc3s2)c1. The fraction of sp³-hybridized carbons (Fsp3) is 0.0588. The zero-order valence-electron chi connectivity index (χ0n) is 11.9. The highest BCUT2D eigenvalue weighted by molar-refractivity contribution is 7.22. The molecule has 0 fully saturated rings. The Kier molecular flexibility index (Phi) is 4.16. The van der Waals surface area contributed by atoms with Gasteiger partial charge in [-0.1, -0.05) is 35.6 Å². The third kappa shape index (κ3) is 3.32. The van der Waals surface area contributed by atoms with Crippen LogP contribution in [0.25, 0.3) is 16.3 Å². The molecule has 0 atom stereocenters. The Morgan fingerprint density at radius 1 is 1.23 bits per heavy atom. The molecule has 0 aliphatic heterocycles. The summed E-state index contributed by atoms with van der Waals surface area (Å²) in [7, 11) is 1.61. The molecule has 1 aromatic heterocycles. The number of hydrogen-bond donors (Lipinski definition) is 1. The molecule has 0 saturated heterocycles. The number of methoxy groups -OCH3 is 1. The predicted octanol–water partition coefficient (Wildman–Crippen LogP) is 3.96. The van der Waals surface area contributed by atoms with Crippen molar-refractivity contribution in [3.63, 3.8) is 0 Å². The molecule has 0 unspecified atom stereocenters. The van der Waals surface area contributed by atoms with Gasteiger partial charge < -0.3 is 4.74 Å². The molecular formula is C17H14N2O2S. The van der Waals surface area contributed by atoms with Gasteiger partial charge in [-0.3, -0.25) is 10.1 Å². The van der Waals surface area contributed by atoms with Gasteiger partial charge in [0.25, 0.3) is 0 Å². The minimum Gasteiger partial charge on any atom is -0.497 e. The van der Waals surface area contributed by atoms with Gasteiger partial charge in [0.05, 0.1) is 17.3 Å². The van der Waals surface area contributed by atoms with Crippen LogP contribution in [-0.4, -0.2) is 18.0 Å². The largest absolute Gasteiger partial charge is 0.497 e. The molecule has 0 bridgehead atoms. The van der Waals surface area contributed by atoms with Gasteiger partial charge in [0, 0.05) is 6.08 Å². The normalized spacial score (nSPS) is 11.0. The first-order valence-electron chi connectivity index (χ1n) is 6.73. The number of para-hydroxylation sites is 1. The quantitative estimate of drug-likeness (QED) is 0.742. The van der Waals surface area contributed by atoms with Gasteiger partial charge in [-0.2, -0.15) is 0 Å². The molecule has 22 heavy (non-hydrogen) atoms. The molecule has 1 heterocycles. The average molecular weight is 310 g/mol. The smallest absolute Gasteiger partial charge is 0.250 e. The molecule has 4 nitrogen and oxygen atoms in total. The van der Waals surface area contributed by atoms with Crippen LogP contribution < -0.4 is 10.1 Å². The fourth-order valence-electron chi connectivity index (χ4n) is 1.99. The summed E-state index contributed by atoms with van der Waals surface area (Å²) in [5, 5.41) is 3.38. The van der Waals surface area contributed by atoms with Crippen molar-refractivity contribution >= 4 is 38.7 Å². The van der Waals surface area contributed by atoms with Crippen molar-refractivity contribution in [3.05, 3.63) is 60.2 Å². The van der Waals surface area contributed by atoms with E-state index in [0.29, 0.717) is 5.13 Å². The van der Waals surface area contributed by atoms with Crippen LogP contribution in [0.4, 0.5) is 5.13 Å². The first-order valence-corrected chi connectivity index (χ1v) is 7.55. The molecule has 0 spiro atoms. The molecule has 0 radical (unpaired) electrons. The standard InChI is InChI=1S/C17H14N2O2S/c1-21-13-6-4-5-12(11-13)9-10-16(20)19-17-18-14-7-2-3-8-15(14)22-17/h2-11H,1H3,(H,18,19,20)/b10-9+. The van der Waals surface area contributed by atoms with Crippen molar-refractivity contribution < 1.29 is 9.53 Å². The molecule has 0 aliphatic carbocycles. The third-order valence-corrected chi connectivity index (χ3v) is 4.00. The van der Waals surface area contributed by atoms with Gasteiger partial charge in [0.1, 0.15) is 5.75 Å². The Balaban J connectivity index is 1.70. The Labute approximate surface area is 132 Å². The van der Waals surface area contributed by atoms with E-state index >= 15 is 0 Å². The first-order chi connectivity index (χ1) is 10.7. The van der Waals surface area contributed by atoms with E-state index in [9.17, 15) is 4.79 Å². The number of nitrogens with one attached hydrogen (secondary N) is 1. The average Bonchev–Trinajstić information content (AvgIpc) is 2.95. The second kappa shape index (κ2) is 6.41. The lowest BCUT2D eigenvalue weighted by Gasteiger charge is -2.00. The number of aromatic nitrogens is 1. The number of ether oxygens (including phenoxy) is 1. The molecule has 1 amide bonds. The molecule has 3 rings (SSSR count). The molecule has 5 heteroatoms. The molecule has 2 aromatic carbocycles. The Morgan fingerprint density at radius 3 is 2.91 bits per heavy atom. The summed E-state index contributed by atoms with van der Waals surface area (Å²) in [5.74, 6) is 0.551. The maximum absolute atomic E-state index is 12.0. The van der Waals surface area contributed by atoms with Crippen LogP contribution >= 0.6 is 11.3 Å². The van der Waals surface area contributed by atoms with Gasteiger partial charge in [0.2, 0.25) is 5.91 Å². The molecule has 1 N–H and O–H groups in total. The topological polar surface area (TPSA) is 51.2 Å². The van der Waals surface area contributed by atoms with Crippen LogP contribution in [0, 0.1) is 0 Å². The minimum atomic E-state index is -0.207. The zero-order chi connectivity index (χ0) is 15.4. The summed E-state index contributed by atoms with van der Waals surface area (Å²) in [6, 6.07) is 15.3. The second-order valence-corrected chi connectivity index (χ2v) is 5.62. The summed E-state index contributed by atoms with van der Waals surface area (Å²) in [5.41, 5.74) is 1.79. The monoisotopic (exact) mass is 310 g/mol. The number of carbonyl (C=O) groups is 1. The van der Waals surface area contributed by atoms with Gasteiger partial charge in [0.15, 0.2) is 5.13 Å². The van der Waals surface area contributed by atoms with E-state index in [4.69, 9.17) is 4.74 Å². The maximum Gasteiger partial charge on any atom is 0.250 e. The fourth-order valence-corrected chi connectivity index (χ4v) is 2.86. The van der Waals surface area contributed by atoms with Crippen LogP contribution in [0.15, 0.2) is 54.6 Å². The Hall–Kier alpha value is -2.66. The van der Waals surface area contributed by atoms with Crippen LogP contribution in [0.3, 0.4) is 0 Å². The number of carbonyl (C=O) groups excluding carboxylic acids is 1. The van der Waals surface area contributed by atoms with Gasteiger partial charge >= 0.3 is 0 Å². The van der Waals surface area contributed by atoms with Crippen molar-refractivity contribution in [2.24, 2.45) is 0 Å². The van der Waals surface area contributed by atoms with Crippen molar-refractivity contribution in [2.45, 2.75) is 0 Å². The summed E-state index contributed by atoms with van der Waals surface area (Å²) >= 11 is 1.46. The van der Waals surface area contributed by atoms with E-state index in [1.807, 2.05) is 48.5 Å². The van der Waals surface area contributed by atoms with Crippen LogP contribution in [-0.2, 0) is 4.79 Å². The number of nitrogens with zero attached hydrogens (tertiary/aromatic N) is 1. The van der Waals surface area contributed by atoms with Gasteiger partial charge in [-0.25, -0.2) is 4.98 Å². The molecule has 110 valence electrons. The number of amides is 1. The van der Waals surface area contributed by atoms with E-state index in [-0.39, 0.29) is 5.91 Å². The molecule has 0 aliphatic rings. The Bertz CT molecular complexity index is 806. The number of hydrogen-bond acceptors (Lipinski definition) is 4. The number of thiazole rings is 1. The molecular weight excluding hydrogens is 296 g/mol. The maximum atomic E-state index is 12.0. The van der Waals surface area contributed by atoms with Crippen LogP contribution in [0.2, 0.25) is 0 Å². The molecule has 0 saturated carbocycles. The predicted molar refractivity (Wildman–Crippen MR) is 90.3 cm³/mol. The minimum absolute atomic E-state index is 0.207. The molecule has 3 aromatic rings. The third-order valence-electron chi connectivity index (χ3n) is 3.04. The second-order valence-electron chi connectivity index (χ2n) is 4.59. The van der Waals surface area contributed by atoms with Crippen molar-refractivity contribution in [1.29, 1.82) is 0 Å². The number of fused-ring (bicyclic) bond motifs is 1. The summed E-state index contributed by atoms with van der Waals surface area (Å²) in [6.07, 6.45) is 3.23. The summed E-state index contributed by atoms with van der Waals surface area (Å²) < 4.78 is 6.20. The zero-order valence-corrected chi connectivity index (χ0v) is 12.8. The number of rotatable bonds is 4. The lowest BCUT2D eigenvalue weighted by atomic mass is 10.2. The summed E-state index contributed by atoms with van der Waals surface area (Å²) in [6.45, 7) is 0. The van der Waals surface area contributed by atoms with E-state index < -0.39 is 0 Å². The first kappa shape index (κ1) is 14.3. The van der Waals surface area contributed by atoms with Crippen molar-refractivity contribution in [2.75, 3.05) is 12.4 Å². The van der Waals surface area contributed by atoms with Gasteiger partial charge in [-0.05, 0) is 35.9 Å². The van der Waals surface area contributed by atoms with E-state index in [0.717, 1.165) is 21.5 Å². The summed E-state index contributed by atoms with van der Waals surface area (Å²) in [4.78, 5) is 16.3. The highest BCUT2D eigenvalue weighted by Crippen LogP contribution is 2.25. The number of benzene rings is 2. The van der Waals surface area contributed by atoms with E-state index in [1.165, 1.54) is 17.4 Å². The lowest BCUT2D eigenvalue weighted by molar-refractivity contribution is -0.111. The highest BCUT2D eigenvalue weighted by Gasteiger charge is 2.05.